The Balaban J connectivity index is 1.86. The summed E-state index contributed by atoms with van der Waals surface area (Å²) in [6.07, 6.45) is -2.93. The Morgan fingerprint density at radius 2 is 1.83 bits per heavy atom. The maximum absolute atomic E-state index is 12.8. The van der Waals surface area contributed by atoms with E-state index in [1.165, 1.54) is 18.2 Å². The number of carbonyl (C=O) groups excluding carboxylic acids is 2. The van der Waals surface area contributed by atoms with Crippen molar-refractivity contribution in [2.45, 2.75) is 33.0 Å². The molecule has 0 bridgehead atoms. The average molecular weight is 419 g/mol. The minimum absolute atomic E-state index is 0.0746. The van der Waals surface area contributed by atoms with Gasteiger partial charge >= 0.3 is 6.18 Å². The van der Waals surface area contributed by atoms with Gasteiger partial charge in [0.1, 0.15) is 6.54 Å². The molecule has 0 spiro atoms. The smallest absolute Gasteiger partial charge is 0.343 e. The second kappa shape index (κ2) is 8.13. The van der Waals surface area contributed by atoms with E-state index in [1.54, 1.807) is 35.3 Å². The predicted octanol–water partition coefficient (Wildman–Crippen LogP) is 3.87. The third-order valence-corrected chi connectivity index (χ3v) is 4.36. The van der Waals surface area contributed by atoms with Crippen LogP contribution in [0.4, 0.5) is 18.9 Å². The van der Waals surface area contributed by atoms with Crippen LogP contribution in [0.5, 0.6) is 0 Å². The number of alkyl halides is 3. The van der Waals surface area contributed by atoms with E-state index in [9.17, 15) is 22.8 Å². The third kappa shape index (κ3) is 4.58. The molecule has 2 N–H and O–H groups in total. The van der Waals surface area contributed by atoms with Crippen molar-refractivity contribution < 1.29 is 22.8 Å². The molecule has 3 aromatic rings. The van der Waals surface area contributed by atoms with Gasteiger partial charge in [-0.3, -0.25) is 9.59 Å². The lowest BCUT2D eigenvalue weighted by Gasteiger charge is -2.13. The van der Waals surface area contributed by atoms with Crippen LogP contribution in [0.25, 0.3) is 11.0 Å². The van der Waals surface area contributed by atoms with Crippen LogP contribution in [0.3, 0.4) is 0 Å². The number of aromatic nitrogens is 3. The number of para-hydroxylation sites is 1. The molecule has 0 unspecified atom stereocenters. The summed E-state index contributed by atoms with van der Waals surface area (Å²) in [4.78, 5) is 29.4. The topological polar surface area (TPSA) is 88.9 Å². The molecule has 0 radical (unpaired) electrons. The number of rotatable bonds is 5. The fourth-order valence-electron chi connectivity index (χ4n) is 2.93. The van der Waals surface area contributed by atoms with Gasteiger partial charge in [0.05, 0.1) is 28.7 Å². The van der Waals surface area contributed by atoms with Crippen LogP contribution in [0.15, 0.2) is 36.5 Å². The van der Waals surface area contributed by atoms with Crippen molar-refractivity contribution in [3.8, 4) is 0 Å². The van der Waals surface area contributed by atoms with E-state index in [-0.39, 0.29) is 22.9 Å². The fourth-order valence-corrected chi connectivity index (χ4v) is 2.93. The summed E-state index contributed by atoms with van der Waals surface area (Å²) < 4.78 is 38.9. The number of hydrogen-bond acceptors (Lipinski definition) is 4. The van der Waals surface area contributed by atoms with Crippen molar-refractivity contribution in [2.24, 2.45) is 0 Å². The highest BCUT2D eigenvalue weighted by Gasteiger charge is 2.28. The maximum atomic E-state index is 12.8. The first kappa shape index (κ1) is 21.3. The number of aryl methyl sites for hydroxylation is 1. The SMILES string of the molecule is Cc1nc2c(cnn2C(C)C)cc1C(=O)Nc1ccccc1C(=O)NCC(F)(F)F. The fraction of sp³-hybridized carbons (Fsp3) is 0.300. The number of fused-ring (bicyclic) bond motifs is 1. The molecule has 0 saturated heterocycles. The highest BCUT2D eigenvalue weighted by atomic mass is 19.4. The molecular weight excluding hydrogens is 399 g/mol. The Bertz CT molecular complexity index is 1110. The molecule has 0 aliphatic carbocycles. The molecule has 30 heavy (non-hydrogen) atoms. The van der Waals surface area contributed by atoms with Gasteiger partial charge in [-0.1, -0.05) is 12.1 Å². The molecule has 10 heteroatoms. The van der Waals surface area contributed by atoms with Crippen LogP contribution in [-0.4, -0.2) is 39.3 Å². The quantitative estimate of drug-likeness (QED) is 0.657. The van der Waals surface area contributed by atoms with Gasteiger partial charge < -0.3 is 10.6 Å². The van der Waals surface area contributed by atoms with Gasteiger partial charge in [-0.25, -0.2) is 9.67 Å². The largest absolute Gasteiger partial charge is 0.405 e. The molecular formula is C20H20F3N5O2. The van der Waals surface area contributed by atoms with Gasteiger partial charge in [0, 0.05) is 11.4 Å². The van der Waals surface area contributed by atoms with Crippen molar-refractivity contribution in [3.05, 3.63) is 53.3 Å². The molecule has 3 rings (SSSR count). The summed E-state index contributed by atoms with van der Waals surface area (Å²) in [5, 5.41) is 9.35. The minimum atomic E-state index is -4.54. The molecule has 2 aromatic heterocycles. The third-order valence-electron chi connectivity index (χ3n) is 4.36. The number of benzene rings is 1. The molecule has 0 saturated carbocycles. The molecule has 2 amide bonds. The molecule has 0 fully saturated rings. The van der Waals surface area contributed by atoms with Gasteiger partial charge in [-0.2, -0.15) is 18.3 Å². The van der Waals surface area contributed by atoms with Gasteiger partial charge in [0.2, 0.25) is 0 Å². The van der Waals surface area contributed by atoms with Gasteiger partial charge in [0.15, 0.2) is 5.65 Å². The lowest BCUT2D eigenvalue weighted by molar-refractivity contribution is -0.123. The molecule has 7 nitrogen and oxygen atoms in total. The first-order valence-corrected chi connectivity index (χ1v) is 9.17. The van der Waals surface area contributed by atoms with Crippen LogP contribution in [-0.2, 0) is 0 Å². The number of nitrogens with zero attached hydrogens (tertiary/aromatic N) is 3. The Morgan fingerprint density at radius 3 is 2.50 bits per heavy atom. The Morgan fingerprint density at radius 1 is 1.13 bits per heavy atom. The predicted molar refractivity (Wildman–Crippen MR) is 105 cm³/mol. The summed E-state index contributed by atoms with van der Waals surface area (Å²) >= 11 is 0. The Hall–Kier alpha value is -3.43. The van der Waals surface area contributed by atoms with Crippen molar-refractivity contribution in [2.75, 3.05) is 11.9 Å². The van der Waals surface area contributed by atoms with E-state index in [1.807, 2.05) is 13.8 Å². The van der Waals surface area contributed by atoms with E-state index in [0.29, 0.717) is 16.7 Å². The second-order valence-electron chi connectivity index (χ2n) is 7.01. The average Bonchev–Trinajstić information content (AvgIpc) is 3.08. The summed E-state index contributed by atoms with van der Waals surface area (Å²) in [6, 6.07) is 7.58. The number of pyridine rings is 1. The number of carbonyl (C=O) groups is 2. The van der Waals surface area contributed by atoms with Crippen LogP contribution < -0.4 is 10.6 Å². The number of hydrogen-bond donors (Lipinski definition) is 2. The van der Waals surface area contributed by atoms with Gasteiger partial charge in [-0.05, 0) is 39.0 Å². The van der Waals surface area contributed by atoms with Crippen molar-refractivity contribution in [3.63, 3.8) is 0 Å². The van der Waals surface area contributed by atoms with Crippen molar-refractivity contribution >= 4 is 28.5 Å². The van der Waals surface area contributed by atoms with E-state index in [2.05, 4.69) is 15.4 Å². The van der Waals surface area contributed by atoms with Crippen LogP contribution >= 0.6 is 0 Å². The summed E-state index contributed by atoms with van der Waals surface area (Å²) in [7, 11) is 0. The van der Waals surface area contributed by atoms with Gasteiger partial charge in [0.25, 0.3) is 11.8 Å². The zero-order valence-corrected chi connectivity index (χ0v) is 16.5. The molecule has 1 aromatic carbocycles. The van der Waals surface area contributed by atoms with Crippen LogP contribution in [0.2, 0.25) is 0 Å². The maximum Gasteiger partial charge on any atom is 0.405 e. The van der Waals surface area contributed by atoms with E-state index < -0.39 is 24.5 Å². The van der Waals surface area contributed by atoms with Crippen molar-refractivity contribution in [1.29, 1.82) is 0 Å². The number of halogens is 3. The molecule has 0 atom stereocenters. The summed E-state index contributed by atoms with van der Waals surface area (Å²) in [6.45, 7) is 4.14. The van der Waals surface area contributed by atoms with Crippen molar-refractivity contribution in [1.82, 2.24) is 20.1 Å². The highest BCUT2D eigenvalue weighted by molar-refractivity contribution is 6.10. The summed E-state index contributed by atoms with van der Waals surface area (Å²) in [5.41, 5.74) is 1.40. The monoisotopic (exact) mass is 419 g/mol. The Kier molecular flexibility index (Phi) is 5.77. The van der Waals surface area contributed by atoms with E-state index >= 15 is 0 Å². The first-order chi connectivity index (χ1) is 14.1. The minimum Gasteiger partial charge on any atom is -0.343 e. The second-order valence-corrected chi connectivity index (χ2v) is 7.01. The zero-order valence-electron chi connectivity index (χ0n) is 16.5. The zero-order chi connectivity index (χ0) is 22.1. The van der Waals surface area contributed by atoms with Crippen LogP contribution in [0.1, 0.15) is 46.3 Å². The number of amides is 2. The Labute approximate surface area is 170 Å². The van der Waals surface area contributed by atoms with Gasteiger partial charge in [-0.15, -0.1) is 0 Å². The van der Waals surface area contributed by atoms with E-state index in [0.717, 1.165) is 0 Å². The standard InChI is InChI=1S/C20H20F3N5O2/c1-11(2)28-17-13(9-25-28)8-15(12(3)26-17)19(30)27-16-7-5-4-6-14(16)18(29)24-10-20(21,22)23/h4-9,11H,10H2,1-3H3,(H,24,29)(H,27,30). The van der Waals surface area contributed by atoms with E-state index in [4.69, 9.17) is 0 Å². The molecule has 0 aliphatic rings. The molecule has 158 valence electrons. The first-order valence-electron chi connectivity index (χ1n) is 9.17. The number of anilines is 1. The molecule has 0 aliphatic heterocycles. The normalized spacial score (nSPS) is 11.7. The number of nitrogens with one attached hydrogen (secondary N) is 2. The lowest BCUT2D eigenvalue weighted by Crippen LogP contribution is -2.34. The highest BCUT2D eigenvalue weighted by Crippen LogP contribution is 2.22. The summed E-state index contributed by atoms with van der Waals surface area (Å²) in [5.74, 6) is -1.47. The molecule has 2 heterocycles. The lowest BCUT2D eigenvalue weighted by atomic mass is 10.1. The van der Waals surface area contributed by atoms with Crippen LogP contribution in [0, 0.1) is 6.92 Å².